The summed E-state index contributed by atoms with van der Waals surface area (Å²) in [5, 5.41) is 21.2. The van der Waals surface area contributed by atoms with Crippen molar-refractivity contribution in [3.63, 3.8) is 0 Å². The Morgan fingerprint density at radius 2 is 1.91 bits per heavy atom. The molecule has 10 heteroatoms. The Bertz CT molecular complexity index is 1070. The number of epoxide rings is 1. The Labute approximate surface area is 277 Å². The highest BCUT2D eigenvalue weighted by atomic mass is 16.6. The van der Waals surface area contributed by atoms with Crippen LogP contribution in [0.25, 0.3) is 0 Å². The summed E-state index contributed by atoms with van der Waals surface area (Å²) in [7, 11) is 7.26. The standard InChI is InChI=1S/C36H62N2O8/c1-12-28(39)27(5)33-29(44-33)23-35(6,42)18-13-14-25(3)32-26(4)15-16-30(45-34(41)38(10)21-20-37(8)9)36(7,43-11)19-17-24(2)22-31(40)46-32/h13-16,18,24,26-30,32-33,39,42H,12,17,19-23H2,1-11H3/b16-15+,18-13+,25-14+/t24-,26+,27-,28+,29-,30+,32-,33-,35+,36-/m1/s1. The molecule has 2 heterocycles. The van der Waals surface area contributed by atoms with Gasteiger partial charge in [0.2, 0.25) is 0 Å². The van der Waals surface area contributed by atoms with Crippen LogP contribution in [0.3, 0.4) is 0 Å². The van der Waals surface area contributed by atoms with Gasteiger partial charge in [0.1, 0.15) is 11.7 Å². The fourth-order valence-corrected chi connectivity index (χ4v) is 5.82. The first-order valence-electron chi connectivity index (χ1n) is 16.8. The Kier molecular flexibility index (Phi) is 15.4. The lowest BCUT2D eigenvalue weighted by atomic mass is 9.86. The van der Waals surface area contributed by atoms with Crippen molar-refractivity contribution in [2.24, 2.45) is 17.8 Å². The highest BCUT2D eigenvalue weighted by Crippen LogP contribution is 2.37. The third-order valence-corrected chi connectivity index (χ3v) is 9.51. The van der Waals surface area contributed by atoms with Crippen LogP contribution in [0.4, 0.5) is 4.79 Å². The van der Waals surface area contributed by atoms with E-state index in [1.54, 1.807) is 38.1 Å². The Morgan fingerprint density at radius 1 is 1.24 bits per heavy atom. The van der Waals surface area contributed by atoms with Crippen LogP contribution < -0.4 is 0 Å². The molecule has 0 saturated carbocycles. The molecule has 0 bridgehead atoms. The molecule has 46 heavy (non-hydrogen) atoms. The SMILES string of the molecule is CC[C@H](O)[C@@H](C)[C@H]1O[C@@H]1C[C@@](C)(O)/C=C/C=C(\C)[C@H]1OC(=O)C[C@H](C)CC[C@@](C)(OC)[C@@H](OC(=O)N(C)CCN(C)C)/C=C/[C@@H]1C. The van der Waals surface area contributed by atoms with E-state index in [0.29, 0.717) is 38.8 Å². The fourth-order valence-electron chi connectivity index (χ4n) is 5.82. The molecule has 1 fully saturated rings. The van der Waals surface area contributed by atoms with Gasteiger partial charge < -0.3 is 39.0 Å². The predicted molar refractivity (Wildman–Crippen MR) is 180 cm³/mol. The van der Waals surface area contributed by atoms with Gasteiger partial charge in [0, 0.05) is 51.9 Å². The molecule has 2 rings (SSSR count). The van der Waals surface area contributed by atoms with Crippen molar-refractivity contribution in [3.8, 4) is 0 Å². The fraction of sp³-hybridized carbons (Fsp3) is 0.778. The molecule has 264 valence electrons. The van der Waals surface area contributed by atoms with Crippen LogP contribution in [0.15, 0.2) is 36.0 Å². The smallest absolute Gasteiger partial charge is 0.410 e. The van der Waals surface area contributed by atoms with E-state index in [4.69, 9.17) is 18.9 Å². The number of nitrogens with zero attached hydrogens (tertiary/aromatic N) is 2. The largest absolute Gasteiger partial charge is 0.457 e. The molecule has 2 aliphatic rings. The van der Waals surface area contributed by atoms with Crippen LogP contribution in [-0.4, -0.2) is 115 Å². The summed E-state index contributed by atoms with van der Waals surface area (Å²) in [5.41, 5.74) is -1.09. The predicted octanol–water partition coefficient (Wildman–Crippen LogP) is 5.13. The first-order chi connectivity index (χ1) is 21.4. The average Bonchev–Trinajstić information content (AvgIpc) is 3.75. The molecular weight excluding hydrogens is 588 g/mol. The third kappa shape index (κ3) is 12.4. The molecule has 10 atom stereocenters. The van der Waals surface area contributed by atoms with E-state index in [9.17, 15) is 19.8 Å². The zero-order chi connectivity index (χ0) is 34.8. The minimum atomic E-state index is -1.11. The molecule has 0 aliphatic carbocycles. The van der Waals surface area contributed by atoms with E-state index in [1.807, 2.05) is 78.8 Å². The van der Waals surface area contributed by atoms with Crippen LogP contribution in [-0.2, 0) is 23.7 Å². The maximum atomic E-state index is 13.1. The van der Waals surface area contributed by atoms with Gasteiger partial charge in [-0.2, -0.15) is 0 Å². The maximum absolute atomic E-state index is 13.1. The summed E-state index contributed by atoms with van der Waals surface area (Å²) in [4.78, 5) is 29.7. The Balaban J connectivity index is 2.26. The number of allylic oxidation sites excluding steroid dienone is 2. The maximum Gasteiger partial charge on any atom is 0.410 e. The Morgan fingerprint density at radius 3 is 2.52 bits per heavy atom. The molecule has 0 aromatic rings. The quantitative estimate of drug-likeness (QED) is 0.121. The summed E-state index contributed by atoms with van der Waals surface area (Å²) in [6, 6.07) is 0. The summed E-state index contributed by atoms with van der Waals surface area (Å²) in [5.74, 6) is -0.468. The van der Waals surface area contributed by atoms with Gasteiger partial charge in [0.15, 0.2) is 6.10 Å². The van der Waals surface area contributed by atoms with Crippen molar-refractivity contribution >= 4 is 12.1 Å². The van der Waals surface area contributed by atoms with Crippen molar-refractivity contribution in [1.82, 2.24) is 9.80 Å². The molecule has 1 amide bonds. The van der Waals surface area contributed by atoms with Crippen LogP contribution >= 0.6 is 0 Å². The first kappa shape index (κ1) is 39.9. The molecule has 0 unspecified atom stereocenters. The van der Waals surface area contributed by atoms with Gasteiger partial charge in [0.25, 0.3) is 0 Å². The molecule has 0 radical (unpaired) electrons. The summed E-state index contributed by atoms with van der Waals surface area (Å²) in [6.45, 7) is 14.7. The van der Waals surface area contributed by atoms with Gasteiger partial charge in [-0.3, -0.25) is 4.79 Å². The van der Waals surface area contributed by atoms with E-state index in [1.165, 1.54) is 0 Å². The molecule has 2 N–H and O–H groups in total. The zero-order valence-electron chi connectivity index (χ0n) is 30.2. The average molecular weight is 651 g/mol. The highest BCUT2D eigenvalue weighted by molar-refractivity contribution is 5.70. The third-order valence-electron chi connectivity index (χ3n) is 9.51. The number of cyclic esters (lactones) is 1. The van der Waals surface area contributed by atoms with Crippen molar-refractivity contribution < 1.29 is 38.7 Å². The van der Waals surface area contributed by atoms with Gasteiger partial charge in [-0.15, -0.1) is 0 Å². The van der Waals surface area contributed by atoms with E-state index >= 15 is 0 Å². The zero-order valence-corrected chi connectivity index (χ0v) is 30.2. The minimum Gasteiger partial charge on any atom is -0.457 e. The van der Waals surface area contributed by atoms with Gasteiger partial charge >= 0.3 is 12.1 Å². The van der Waals surface area contributed by atoms with E-state index < -0.39 is 35.6 Å². The molecule has 1 saturated heterocycles. The van der Waals surface area contributed by atoms with Gasteiger partial charge in [-0.05, 0) is 71.7 Å². The molecule has 2 aliphatic heterocycles. The monoisotopic (exact) mass is 650 g/mol. The lowest BCUT2D eigenvalue weighted by Crippen LogP contribution is -2.46. The lowest BCUT2D eigenvalue weighted by Gasteiger charge is -2.36. The van der Waals surface area contributed by atoms with Gasteiger partial charge in [-0.25, -0.2) is 4.79 Å². The molecule has 0 spiro atoms. The summed E-state index contributed by atoms with van der Waals surface area (Å²) >= 11 is 0. The second-order valence-corrected chi connectivity index (χ2v) is 14.4. The number of aliphatic hydroxyl groups excluding tert-OH is 1. The number of rotatable bonds is 13. The Hall–Kier alpha value is -2.24. The van der Waals surface area contributed by atoms with Crippen LogP contribution in [0.5, 0.6) is 0 Å². The van der Waals surface area contributed by atoms with Crippen molar-refractivity contribution in [2.75, 3.05) is 41.3 Å². The number of carbonyl (C=O) groups is 2. The number of aliphatic hydroxyl groups is 2. The first-order valence-corrected chi connectivity index (χ1v) is 16.8. The van der Waals surface area contributed by atoms with Crippen LogP contribution in [0.1, 0.15) is 80.6 Å². The number of amides is 1. The molecular formula is C36H62N2O8. The van der Waals surface area contributed by atoms with Gasteiger partial charge in [-0.1, -0.05) is 52.0 Å². The number of hydrogen-bond donors (Lipinski definition) is 2. The summed E-state index contributed by atoms with van der Waals surface area (Å²) in [6.07, 6.45) is 9.53. The molecule has 10 nitrogen and oxygen atoms in total. The normalized spacial score (nSPS) is 32.9. The summed E-state index contributed by atoms with van der Waals surface area (Å²) < 4.78 is 23.8. The number of ether oxygens (including phenoxy) is 4. The number of hydrogen-bond acceptors (Lipinski definition) is 9. The van der Waals surface area contributed by atoms with E-state index in [0.717, 1.165) is 5.57 Å². The van der Waals surface area contributed by atoms with Crippen LogP contribution in [0.2, 0.25) is 0 Å². The van der Waals surface area contributed by atoms with Crippen molar-refractivity contribution in [1.29, 1.82) is 0 Å². The second-order valence-electron chi connectivity index (χ2n) is 14.4. The number of carbonyl (C=O) groups excluding carboxylic acids is 2. The number of esters is 1. The van der Waals surface area contributed by atoms with E-state index in [2.05, 4.69) is 0 Å². The van der Waals surface area contributed by atoms with Crippen molar-refractivity contribution in [3.05, 3.63) is 36.0 Å². The second kappa shape index (κ2) is 17.8. The molecule has 0 aromatic heterocycles. The number of likely N-dealkylation sites (N-methyl/N-ethyl adjacent to an activating group) is 2. The topological polar surface area (TPSA) is 121 Å². The highest BCUT2D eigenvalue weighted by Gasteiger charge is 2.47. The minimum absolute atomic E-state index is 0.0128. The van der Waals surface area contributed by atoms with Crippen LogP contribution in [0, 0.1) is 17.8 Å². The van der Waals surface area contributed by atoms with Crippen molar-refractivity contribution in [2.45, 2.75) is 122 Å². The molecule has 0 aromatic carbocycles. The lowest BCUT2D eigenvalue weighted by molar-refractivity contribution is -0.150. The van der Waals surface area contributed by atoms with E-state index in [-0.39, 0.29) is 42.4 Å². The van der Waals surface area contributed by atoms with Gasteiger partial charge in [0.05, 0.1) is 23.9 Å². The number of methoxy groups -OCH3 is 1.